The van der Waals surface area contributed by atoms with Gasteiger partial charge in [-0.3, -0.25) is 4.79 Å². The molecule has 5 nitrogen and oxygen atoms in total. The van der Waals surface area contributed by atoms with E-state index in [-0.39, 0.29) is 12.5 Å². The molecule has 0 spiro atoms. The van der Waals surface area contributed by atoms with Crippen LogP contribution in [-0.2, 0) is 4.79 Å². The van der Waals surface area contributed by atoms with Gasteiger partial charge >= 0.3 is 0 Å². The molecule has 0 fully saturated rings. The zero-order valence-corrected chi connectivity index (χ0v) is 12.8. The Morgan fingerprint density at radius 3 is 2.58 bits per heavy atom. The molecule has 0 radical (unpaired) electrons. The number of rotatable bonds is 6. The Labute approximate surface area is 123 Å². The molecule has 1 heterocycles. The Hall–Kier alpha value is -1.20. The fraction of sp³-hybridized carbons (Fsp3) is 0.500. The highest BCUT2D eigenvalue weighted by atomic mass is 35.5. The molecule has 0 aliphatic carbocycles. The standard InChI is InChI=1S/C12H18Cl2N4O/c1-4-15-10(19)7-18(3)12-9(14)6-8(13)11(17-12)16-5-2/h6H,4-5,7H2,1-3H3,(H,15,19)(H,16,17). The SMILES string of the molecule is CCNC(=O)CN(C)c1nc(NCC)c(Cl)cc1Cl. The average molecular weight is 305 g/mol. The molecule has 1 amide bonds. The first-order chi connectivity index (χ1) is 8.99. The minimum absolute atomic E-state index is 0.0807. The van der Waals surface area contributed by atoms with Crippen LogP contribution in [0.5, 0.6) is 0 Å². The summed E-state index contributed by atoms with van der Waals surface area (Å²) in [5.74, 6) is 1.00. The van der Waals surface area contributed by atoms with E-state index in [1.54, 1.807) is 18.0 Å². The van der Waals surface area contributed by atoms with E-state index in [0.29, 0.717) is 34.8 Å². The Morgan fingerprint density at radius 2 is 2.00 bits per heavy atom. The first-order valence-corrected chi connectivity index (χ1v) is 6.82. The molecule has 1 rings (SSSR count). The summed E-state index contributed by atoms with van der Waals surface area (Å²) in [6, 6.07) is 1.62. The van der Waals surface area contributed by atoms with Crippen LogP contribution in [0.1, 0.15) is 13.8 Å². The Kier molecular flexibility index (Phi) is 6.18. The lowest BCUT2D eigenvalue weighted by Gasteiger charge is -2.20. The van der Waals surface area contributed by atoms with Crippen molar-refractivity contribution in [2.45, 2.75) is 13.8 Å². The molecule has 1 aromatic heterocycles. The first kappa shape index (κ1) is 15.9. The maximum Gasteiger partial charge on any atom is 0.239 e. The third kappa shape index (κ3) is 4.44. The second kappa shape index (κ2) is 7.40. The number of carbonyl (C=O) groups excluding carboxylic acids is 1. The number of halogens is 2. The van der Waals surface area contributed by atoms with Crippen molar-refractivity contribution < 1.29 is 4.79 Å². The quantitative estimate of drug-likeness (QED) is 0.847. The second-order valence-electron chi connectivity index (χ2n) is 3.96. The maximum atomic E-state index is 11.6. The van der Waals surface area contributed by atoms with Crippen LogP contribution in [-0.4, -0.2) is 37.6 Å². The van der Waals surface area contributed by atoms with Crippen LogP contribution >= 0.6 is 23.2 Å². The van der Waals surface area contributed by atoms with Gasteiger partial charge in [0.15, 0.2) is 0 Å². The maximum absolute atomic E-state index is 11.6. The van der Waals surface area contributed by atoms with E-state index < -0.39 is 0 Å². The van der Waals surface area contributed by atoms with Crippen LogP contribution in [0.3, 0.4) is 0 Å². The highest BCUT2D eigenvalue weighted by Crippen LogP contribution is 2.30. The highest BCUT2D eigenvalue weighted by Gasteiger charge is 2.14. The number of amides is 1. The van der Waals surface area contributed by atoms with Gasteiger partial charge in [-0.15, -0.1) is 0 Å². The van der Waals surface area contributed by atoms with Crippen molar-refractivity contribution in [3.8, 4) is 0 Å². The summed E-state index contributed by atoms with van der Waals surface area (Å²) in [4.78, 5) is 17.6. The number of nitrogens with one attached hydrogen (secondary N) is 2. The van der Waals surface area contributed by atoms with Gasteiger partial charge in [0, 0.05) is 20.1 Å². The van der Waals surface area contributed by atoms with E-state index in [1.165, 1.54) is 0 Å². The number of anilines is 2. The number of aromatic nitrogens is 1. The molecule has 19 heavy (non-hydrogen) atoms. The molecular weight excluding hydrogens is 287 g/mol. The molecule has 1 aromatic rings. The van der Waals surface area contributed by atoms with Crippen molar-refractivity contribution in [1.29, 1.82) is 0 Å². The van der Waals surface area contributed by atoms with Crippen LogP contribution in [0.25, 0.3) is 0 Å². The Balaban J connectivity index is 2.92. The average Bonchev–Trinajstić information content (AvgIpc) is 2.32. The molecule has 0 saturated carbocycles. The fourth-order valence-corrected chi connectivity index (χ4v) is 2.13. The number of likely N-dealkylation sites (N-methyl/N-ethyl adjacent to an activating group) is 2. The molecule has 0 saturated heterocycles. The summed E-state index contributed by atoms with van der Waals surface area (Å²) < 4.78 is 0. The third-order valence-corrected chi connectivity index (χ3v) is 2.94. The van der Waals surface area contributed by atoms with Gasteiger partial charge in [-0.25, -0.2) is 4.98 Å². The summed E-state index contributed by atoms with van der Waals surface area (Å²) >= 11 is 12.1. The van der Waals surface area contributed by atoms with E-state index in [2.05, 4.69) is 15.6 Å². The van der Waals surface area contributed by atoms with Crippen molar-refractivity contribution in [2.75, 3.05) is 36.9 Å². The summed E-state index contributed by atoms with van der Waals surface area (Å²) in [6.07, 6.45) is 0. The topological polar surface area (TPSA) is 57.3 Å². The highest BCUT2D eigenvalue weighted by molar-refractivity contribution is 6.37. The largest absolute Gasteiger partial charge is 0.369 e. The van der Waals surface area contributed by atoms with E-state index in [9.17, 15) is 4.79 Å². The van der Waals surface area contributed by atoms with E-state index >= 15 is 0 Å². The number of pyridine rings is 1. The van der Waals surface area contributed by atoms with Gasteiger partial charge in [0.2, 0.25) is 5.91 Å². The van der Waals surface area contributed by atoms with Crippen molar-refractivity contribution in [1.82, 2.24) is 10.3 Å². The van der Waals surface area contributed by atoms with Gasteiger partial charge in [0.25, 0.3) is 0 Å². The second-order valence-corrected chi connectivity index (χ2v) is 4.78. The lowest BCUT2D eigenvalue weighted by Crippen LogP contribution is -2.35. The fourth-order valence-electron chi connectivity index (χ4n) is 1.56. The van der Waals surface area contributed by atoms with Crippen LogP contribution < -0.4 is 15.5 Å². The van der Waals surface area contributed by atoms with Gasteiger partial charge in [-0.1, -0.05) is 23.2 Å². The molecule has 0 bridgehead atoms. The van der Waals surface area contributed by atoms with Gasteiger partial charge in [0.1, 0.15) is 11.6 Å². The molecule has 0 unspecified atom stereocenters. The molecular formula is C12H18Cl2N4O. The zero-order valence-electron chi connectivity index (χ0n) is 11.3. The number of hydrogen-bond donors (Lipinski definition) is 2. The molecule has 0 aliphatic heterocycles. The van der Waals surface area contributed by atoms with E-state index in [0.717, 1.165) is 0 Å². The van der Waals surface area contributed by atoms with E-state index in [1.807, 2.05) is 13.8 Å². The summed E-state index contributed by atoms with van der Waals surface area (Å²) in [7, 11) is 1.76. The number of nitrogens with zero attached hydrogens (tertiary/aromatic N) is 2. The summed E-state index contributed by atoms with van der Waals surface area (Å²) in [5, 5.41) is 6.65. The summed E-state index contributed by atoms with van der Waals surface area (Å²) in [6.45, 7) is 5.30. The normalized spacial score (nSPS) is 10.2. The van der Waals surface area contributed by atoms with Crippen LogP contribution in [0.15, 0.2) is 6.07 Å². The van der Waals surface area contributed by atoms with Gasteiger partial charge in [-0.05, 0) is 19.9 Å². The van der Waals surface area contributed by atoms with Crippen LogP contribution in [0.2, 0.25) is 10.0 Å². The zero-order chi connectivity index (χ0) is 14.4. The molecule has 0 aliphatic rings. The van der Waals surface area contributed by atoms with Crippen LogP contribution in [0.4, 0.5) is 11.6 Å². The molecule has 106 valence electrons. The first-order valence-electron chi connectivity index (χ1n) is 6.07. The predicted octanol–water partition coefficient (Wildman–Crippen LogP) is 2.39. The predicted molar refractivity (Wildman–Crippen MR) is 80.4 cm³/mol. The van der Waals surface area contributed by atoms with Gasteiger partial charge in [0.05, 0.1) is 16.6 Å². The smallest absolute Gasteiger partial charge is 0.239 e. The minimum atomic E-state index is -0.0807. The molecule has 2 N–H and O–H groups in total. The molecule has 0 atom stereocenters. The number of hydrogen-bond acceptors (Lipinski definition) is 4. The lowest BCUT2D eigenvalue weighted by atomic mass is 10.4. The van der Waals surface area contributed by atoms with E-state index in [4.69, 9.17) is 23.2 Å². The summed E-state index contributed by atoms with van der Waals surface area (Å²) in [5.41, 5.74) is 0. The molecule has 0 aromatic carbocycles. The number of carbonyl (C=O) groups is 1. The monoisotopic (exact) mass is 304 g/mol. The third-order valence-electron chi connectivity index (χ3n) is 2.37. The minimum Gasteiger partial charge on any atom is -0.369 e. The molecule has 7 heteroatoms. The Morgan fingerprint density at radius 1 is 1.32 bits per heavy atom. The Bertz CT molecular complexity index is 454. The van der Waals surface area contributed by atoms with Crippen molar-refractivity contribution in [2.24, 2.45) is 0 Å². The van der Waals surface area contributed by atoms with Crippen molar-refractivity contribution in [3.05, 3.63) is 16.1 Å². The van der Waals surface area contributed by atoms with Crippen LogP contribution in [0, 0.1) is 0 Å². The van der Waals surface area contributed by atoms with Gasteiger partial charge < -0.3 is 15.5 Å². The van der Waals surface area contributed by atoms with Crippen molar-refractivity contribution >= 4 is 40.7 Å². The van der Waals surface area contributed by atoms with Gasteiger partial charge in [-0.2, -0.15) is 0 Å². The lowest BCUT2D eigenvalue weighted by molar-refractivity contribution is -0.119. The van der Waals surface area contributed by atoms with Crippen molar-refractivity contribution in [3.63, 3.8) is 0 Å².